The van der Waals surface area contributed by atoms with Gasteiger partial charge >= 0.3 is 5.97 Å². The van der Waals surface area contributed by atoms with Gasteiger partial charge < -0.3 is 9.64 Å². The van der Waals surface area contributed by atoms with Gasteiger partial charge in [0.2, 0.25) is 5.91 Å². The van der Waals surface area contributed by atoms with E-state index in [4.69, 9.17) is 4.74 Å². The molecule has 0 N–H and O–H groups in total. The Morgan fingerprint density at radius 1 is 1.33 bits per heavy atom. The summed E-state index contributed by atoms with van der Waals surface area (Å²) in [6.07, 6.45) is 1.46. The number of ether oxygens (including phenoxy) is 1. The molecule has 0 aromatic carbocycles. The lowest BCUT2D eigenvalue weighted by molar-refractivity contribution is -0.154. The molecule has 114 valence electrons. The summed E-state index contributed by atoms with van der Waals surface area (Å²) < 4.78 is 4.82. The molecule has 0 spiro atoms. The molecule has 0 saturated carbocycles. The number of amides is 1. The highest BCUT2D eigenvalue weighted by Crippen LogP contribution is 2.11. The van der Waals surface area contributed by atoms with E-state index in [0.717, 1.165) is 5.69 Å². The zero-order valence-electron chi connectivity index (χ0n) is 12.5. The van der Waals surface area contributed by atoms with Crippen LogP contribution in [0.4, 0.5) is 0 Å². The third kappa shape index (κ3) is 5.33. The molecule has 0 bridgehead atoms. The Labute approximate surface area is 124 Å². The molecule has 0 aliphatic carbocycles. The van der Waals surface area contributed by atoms with Crippen molar-refractivity contribution < 1.29 is 19.1 Å². The van der Waals surface area contributed by atoms with Gasteiger partial charge in [0.25, 0.3) is 0 Å². The van der Waals surface area contributed by atoms with Crippen LogP contribution in [0.1, 0.15) is 26.0 Å². The van der Waals surface area contributed by atoms with Gasteiger partial charge in [-0.05, 0) is 26.0 Å². The molecular formula is C15H20N2O4. The molecule has 0 unspecified atom stereocenters. The van der Waals surface area contributed by atoms with Gasteiger partial charge in [0.1, 0.15) is 11.7 Å². The third-order valence-corrected chi connectivity index (χ3v) is 2.99. The van der Waals surface area contributed by atoms with Crippen LogP contribution in [0.5, 0.6) is 0 Å². The number of aromatic nitrogens is 1. The Hall–Kier alpha value is -2.24. The zero-order valence-corrected chi connectivity index (χ0v) is 12.5. The minimum absolute atomic E-state index is 0.181. The Morgan fingerprint density at radius 3 is 2.57 bits per heavy atom. The first-order chi connectivity index (χ1) is 9.95. The summed E-state index contributed by atoms with van der Waals surface area (Å²) in [5.41, 5.74) is 0.740. The van der Waals surface area contributed by atoms with Crippen molar-refractivity contribution >= 4 is 17.7 Å². The van der Waals surface area contributed by atoms with Crippen molar-refractivity contribution in [1.29, 1.82) is 0 Å². The van der Waals surface area contributed by atoms with E-state index in [1.165, 1.54) is 11.8 Å². The summed E-state index contributed by atoms with van der Waals surface area (Å²) >= 11 is 0. The third-order valence-electron chi connectivity index (χ3n) is 2.99. The fourth-order valence-electron chi connectivity index (χ4n) is 1.79. The lowest BCUT2D eigenvalue weighted by Gasteiger charge is -2.19. The Kier molecular flexibility index (Phi) is 6.52. The minimum atomic E-state index is -1.04. The number of carbonyl (C=O) groups excluding carboxylic acids is 3. The summed E-state index contributed by atoms with van der Waals surface area (Å²) in [4.78, 5) is 40.8. The molecule has 1 rings (SSSR count). The van der Waals surface area contributed by atoms with E-state index >= 15 is 0 Å². The monoisotopic (exact) mass is 292 g/mol. The highest BCUT2D eigenvalue weighted by molar-refractivity contribution is 6.01. The van der Waals surface area contributed by atoms with Crippen LogP contribution in [0, 0.1) is 5.92 Å². The first kappa shape index (κ1) is 16.8. The summed E-state index contributed by atoms with van der Waals surface area (Å²) in [5, 5.41) is 0. The highest BCUT2D eigenvalue weighted by atomic mass is 16.5. The van der Waals surface area contributed by atoms with Gasteiger partial charge in [-0.1, -0.05) is 6.07 Å². The maximum atomic E-state index is 12.1. The predicted molar refractivity (Wildman–Crippen MR) is 76.1 cm³/mol. The second kappa shape index (κ2) is 8.14. The maximum Gasteiger partial charge on any atom is 0.316 e. The number of Topliss-reactive ketones (excluding diaryl/α,β-unsaturated/α-hetero) is 1. The fraction of sp³-hybridized carbons (Fsp3) is 0.467. The van der Waals surface area contributed by atoms with Crippen molar-refractivity contribution in [3.05, 3.63) is 30.1 Å². The van der Waals surface area contributed by atoms with Crippen LogP contribution in [0.2, 0.25) is 0 Å². The molecule has 0 saturated heterocycles. The quantitative estimate of drug-likeness (QED) is 0.557. The van der Waals surface area contributed by atoms with Gasteiger partial charge in [-0.25, -0.2) is 0 Å². The number of pyridine rings is 1. The topological polar surface area (TPSA) is 76.6 Å². The molecule has 1 aromatic heterocycles. The largest absolute Gasteiger partial charge is 0.465 e. The van der Waals surface area contributed by atoms with Crippen molar-refractivity contribution in [2.75, 3.05) is 13.7 Å². The fourth-order valence-corrected chi connectivity index (χ4v) is 1.79. The Bertz CT molecular complexity index is 502. The van der Waals surface area contributed by atoms with Gasteiger partial charge in [0.15, 0.2) is 0 Å². The molecule has 0 radical (unpaired) electrons. The Morgan fingerprint density at radius 2 is 2.05 bits per heavy atom. The SMILES string of the molecule is CCOC(=O)[C@@H](CC(=O)N(C)Cc1ccccn1)C(C)=O. The van der Waals surface area contributed by atoms with Crippen LogP contribution in [0.15, 0.2) is 24.4 Å². The number of nitrogens with zero attached hydrogens (tertiary/aromatic N) is 2. The smallest absolute Gasteiger partial charge is 0.316 e. The summed E-state index contributed by atoms with van der Waals surface area (Å²) in [5.74, 6) is -2.35. The number of rotatable bonds is 7. The number of ketones is 1. The van der Waals surface area contributed by atoms with Crippen molar-refractivity contribution in [2.24, 2.45) is 5.92 Å². The van der Waals surface area contributed by atoms with Gasteiger partial charge in [-0.3, -0.25) is 19.4 Å². The minimum Gasteiger partial charge on any atom is -0.465 e. The van der Waals surface area contributed by atoms with Crippen molar-refractivity contribution in [3.63, 3.8) is 0 Å². The van der Waals surface area contributed by atoms with E-state index in [-0.39, 0.29) is 24.7 Å². The van der Waals surface area contributed by atoms with Gasteiger partial charge in [-0.2, -0.15) is 0 Å². The van der Waals surface area contributed by atoms with Crippen LogP contribution in [-0.2, 0) is 25.7 Å². The number of carbonyl (C=O) groups is 3. The summed E-state index contributed by atoms with van der Waals surface area (Å²) in [6, 6.07) is 5.42. The van der Waals surface area contributed by atoms with E-state index in [9.17, 15) is 14.4 Å². The number of hydrogen-bond acceptors (Lipinski definition) is 5. The molecule has 0 fully saturated rings. The average Bonchev–Trinajstić information content (AvgIpc) is 2.45. The van der Waals surface area contributed by atoms with Crippen molar-refractivity contribution in [3.8, 4) is 0 Å². The Balaban J connectivity index is 2.64. The summed E-state index contributed by atoms with van der Waals surface area (Å²) in [6.45, 7) is 3.45. The van der Waals surface area contributed by atoms with Crippen LogP contribution in [-0.4, -0.2) is 41.2 Å². The van der Waals surface area contributed by atoms with Crippen molar-refractivity contribution in [2.45, 2.75) is 26.8 Å². The maximum absolute atomic E-state index is 12.1. The van der Waals surface area contributed by atoms with Gasteiger partial charge in [0.05, 0.1) is 18.8 Å². The standard InChI is InChI=1S/C15H20N2O4/c1-4-21-15(20)13(11(2)18)9-14(19)17(3)10-12-7-5-6-8-16-12/h5-8,13H,4,9-10H2,1-3H3/t13-/m0/s1. The predicted octanol–water partition coefficient (Wildman–Crippen LogP) is 1.20. The molecule has 0 aliphatic rings. The van der Waals surface area contributed by atoms with Crippen molar-refractivity contribution in [1.82, 2.24) is 9.88 Å². The van der Waals surface area contributed by atoms with Gasteiger partial charge in [-0.15, -0.1) is 0 Å². The van der Waals surface area contributed by atoms with Crippen LogP contribution in [0.3, 0.4) is 0 Å². The average molecular weight is 292 g/mol. The number of esters is 1. The summed E-state index contributed by atoms with van der Waals surface area (Å²) in [7, 11) is 1.61. The van der Waals surface area contributed by atoms with Crippen LogP contribution < -0.4 is 0 Å². The van der Waals surface area contributed by atoms with E-state index in [1.54, 1.807) is 32.3 Å². The molecule has 1 atom stereocenters. The molecule has 21 heavy (non-hydrogen) atoms. The molecule has 6 heteroatoms. The first-order valence-corrected chi connectivity index (χ1v) is 6.76. The van der Waals surface area contributed by atoms with Gasteiger partial charge in [0, 0.05) is 19.7 Å². The zero-order chi connectivity index (χ0) is 15.8. The molecule has 1 aromatic rings. The second-order valence-corrected chi connectivity index (χ2v) is 4.69. The van der Waals surface area contributed by atoms with E-state index in [2.05, 4.69) is 4.98 Å². The lowest BCUT2D eigenvalue weighted by atomic mass is 10.0. The van der Waals surface area contributed by atoms with Crippen LogP contribution in [0.25, 0.3) is 0 Å². The molecular weight excluding hydrogens is 272 g/mol. The normalized spacial score (nSPS) is 11.6. The first-order valence-electron chi connectivity index (χ1n) is 6.76. The van der Waals surface area contributed by atoms with E-state index in [0.29, 0.717) is 6.54 Å². The lowest BCUT2D eigenvalue weighted by Crippen LogP contribution is -2.33. The van der Waals surface area contributed by atoms with Crippen LogP contribution >= 0.6 is 0 Å². The highest BCUT2D eigenvalue weighted by Gasteiger charge is 2.28. The van der Waals surface area contributed by atoms with E-state index in [1.807, 2.05) is 6.07 Å². The van der Waals surface area contributed by atoms with E-state index < -0.39 is 11.9 Å². The molecule has 1 heterocycles. The number of hydrogen-bond donors (Lipinski definition) is 0. The molecule has 6 nitrogen and oxygen atoms in total. The second-order valence-electron chi connectivity index (χ2n) is 4.69. The molecule has 1 amide bonds. The molecule has 0 aliphatic heterocycles.